The molecule has 0 bridgehead atoms. The van der Waals surface area contributed by atoms with E-state index in [9.17, 15) is 5.11 Å². The topological polar surface area (TPSA) is 63.0 Å². The van der Waals surface area contributed by atoms with Crippen LogP contribution in [0.4, 0.5) is 0 Å². The van der Waals surface area contributed by atoms with Crippen molar-refractivity contribution in [1.82, 2.24) is 14.6 Å². The van der Waals surface area contributed by atoms with E-state index in [1.165, 1.54) is 6.20 Å². The molecule has 1 aliphatic rings. The van der Waals surface area contributed by atoms with E-state index in [0.29, 0.717) is 5.52 Å². The van der Waals surface area contributed by atoms with E-state index >= 15 is 0 Å². The van der Waals surface area contributed by atoms with E-state index in [4.69, 9.17) is 0 Å². The lowest BCUT2D eigenvalue weighted by Gasteiger charge is -2.16. The lowest BCUT2D eigenvalue weighted by Crippen LogP contribution is -2.24. The maximum Gasteiger partial charge on any atom is 0.161 e. The minimum atomic E-state index is 0.145. The molecule has 72 valence electrons. The average molecular weight is 190 g/mol. The number of aromatic nitrogens is 3. The van der Waals surface area contributed by atoms with Crippen molar-refractivity contribution in [3.8, 4) is 5.75 Å². The maximum atomic E-state index is 9.55. The average Bonchev–Trinajstić information content (AvgIpc) is 2.59. The van der Waals surface area contributed by atoms with Gasteiger partial charge in [0, 0.05) is 13.0 Å². The van der Waals surface area contributed by atoms with Crippen molar-refractivity contribution in [1.29, 1.82) is 0 Å². The summed E-state index contributed by atoms with van der Waals surface area (Å²) in [6.45, 7) is 0.939. The maximum absolute atomic E-state index is 9.55. The number of hydrogen-bond acceptors (Lipinski definition) is 4. The van der Waals surface area contributed by atoms with Crippen molar-refractivity contribution in [3.05, 3.63) is 18.2 Å². The summed E-state index contributed by atoms with van der Waals surface area (Å²) in [5.74, 6) is 1.11. The Morgan fingerprint density at radius 3 is 3.29 bits per heavy atom. The van der Waals surface area contributed by atoms with Crippen molar-refractivity contribution in [2.24, 2.45) is 0 Å². The molecule has 0 aliphatic carbocycles. The van der Waals surface area contributed by atoms with E-state index in [-0.39, 0.29) is 5.75 Å². The molecule has 1 aliphatic heterocycles. The molecule has 14 heavy (non-hydrogen) atoms. The fourth-order valence-corrected chi connectivity index (χ4v) is 1.81. The number of nitrogens with one attached hydrogen (secondary N) is 1. The first-order chi connectivity index (χ1) is 6.86. The van der Waals surface area contributed by atoms with Crippen LogP contribution in [0.5, 0.6) is 5.75 Å². The summed E-state index contributed by atoms with van der Waals surface area (Å²) in [5.41, 5.74) is 4.69. The van der Waals surface area contributed by atoms with E-state index in [1.807, 2.05) is 4.68 Å². The van der Waals surface area contributed by atoms with E-state index in [1.54, 1.807) is 6.20 Å². The van der Waals surface area contributed by atoms with Gasteiger partial charge in [-0.2, -0.15) is 0 Å². The lowest BCUT2D eigenvalue weighted by atomic mass is 10.3. The Morgan fingerprint density at radius 1 is 1.43 bits per heavy atom. The van der Waals surface area contributed by atoms with Gasteiger partial charge in [0.05, 0.1) is 12.4 Å². The molecule has 2 aromatic rings. The Bertz CT molecular complexity index is 491. The number of aromatic hydroxyl groups is 1. The van der Waals surface area contributed by atoms with Crippen LogP contribution >= 0.6 is 0 Å². The summed E-state index contributed by atoms with van der Waals surface area (Å²) in [4.78, 5) is 8.31. The molecule has 2 aromatic heterocycles. The van der Waals surface area contributed by atoms with Crippen LogP contribution in [0.3, 0.4) is 0 Å². The highest BCUT2D eigenvalue weighted by molar-refractivity contribution is 5.81. The molecule has 5 nitrogen and oxygen atoms in total. The molecule has 0 unspecified atom stereocenters. The predicted molar refractivity (Wildman–Crippen MR) is 51.7 cm³/mol. The smallest absolute Gasteiger partial charge is 0.161 e. The highest BCUT2D eigenvalue weighted by atomic mass is 16.3. The van der Waals surface area contributed by atoms with Crippen LogP contribution < -0.4 is 5.43 Å². The Labute approximate surface area is 80.4 Å². The summed E-state index contributed by atoms with van der Waals surface area (Å²) in [5, 5.41) is 9.55. The lowest BCUT2D eigenvalue weighted by molar-refractivity contribution is 0.478. The number of aryl methyl sites for hydroxylation is 1. The molecule has 3 rings (SSSR count). The highest BCUT2D eigenvalue weighted by Crippen LogP contribution is 2.24. The highest BCUT2D eigenvalue weighted by Gasteiger charge is 2.15. The monoisotopic (exact) mass is 190 g/mol. The second-order valence-corrected chi connectivity index (χ2v) is 3.40. The zero-order chi connectivity index (χ0) is 9.54. The van der Waals surface area contributed by atoms with Gasteiger partial charge >= 0.3 is 0 Å². The Kier molecular flexibility index (Phi) is 1.41. The van der Waals surface area contributed by atoms with Crippen LogP contribution in [0, 0.1) is 0 Å². The number of rotatable bonds is 0. The summed E-state index contributed by atoms with van der Waals surface area (Å²) >= 11 is 0. The van der Waals surface area contributed by atoms with Crippen LogP contribution in [0.25, 0.3) is 11.0 Å². The van der Waals surface area contributed by atoms with E-state index in [0.717, 1.165) is 30.7 Å². The molecule has 2 N–H and O–H groups in total. The summed E-state index contributed by atoms with van der Waals surface area (Å²) < 4.78 is 1.91. The van der Waals surface area contributed by atoms with Gasteiger partial charge < -0.3 is 10.5 Å². The fraction of sp³-hybridized carbons (Fsp3) is 0.333. The minimum absolute atomic E-state index is 0.145. The first-order valence-electron chi connectivity index (χ1n) is 4.64. The zero-order valence-electron chi connectivity index (χ0n) is 7.56. The summed E-state index contributed by atoms with van der Waals surface area (Å²) in [6, 6.07) is 0. The van der Waals surface area contributed by atoms with E-state index < -0.39 is 0 Å². The first-order valence-corrected chi connectivity index (χ1v) is 4.64. The van der Waals surface area contributed by atoms with Gasteiger partial charge in [0.25, 0.3) is 0 Å². The second kappa shape index (κ2) is 2.60. The third-order valence-electron chi connectivity index (χ3n) is 2.47. The number of imidazole rings is 1. The molecule has 0 fully saturated rings. The van der Waals surface area contributed by atoms with E-state index in [2.05, 4.69) is 15.4 Å². The molecular formula is C9H10N4O. The Morgan fingerprint density at radius 2 is 2.36 bits per heavy atom. The Hall–Kier alpha value is -1.78. The zero-order valence-corrected chi connectivity index (χ0v) is 7.56. The number of fused-ring (bicyclic) bond motifs is 3. The van der Waals surface area contributed by atoms with Gasteiger partial charge in [0.1, 0.15) is 16.9 Å². The van der Waals surface area contributed by atoms with Crippen molar-refractivity contribution in [2.75, 3.05) is 12.0 Å². The van der Waals surface area contributed by atoms with Crippen LogP contribution in [-0.4, -0.2) is 26.3 Å². The molecule has 0 spiro atoms. The molecule has 3 heterocycles. The molecule has 0 radical (unpaired) electrons. The van der Waals surface area contributed by atoms with Crippen molar-refractivity contribution in [2.45, 2.75) is 12.8 Å². The van der Waals surface area contributed by atoms with Gasteiger partial charge in [-0.1, -0.05) is 0 Å². The molecular weight excluding hydrogens is 180 g/mol. The standard InChI is InChI=1S/C9H10N4O/c14-7-5-10-4-6-9(7)12-8-2-1-3-11-13(6)8/h4-5,11,14H,1-3H2. The van der Waals surface area contributed by atoms with Gasteiger partial charge in [0.2, 0.25) is 0 Å². The normalized spacial score (nSPS) is 15.1. The third kappa shape index (κ3) is 0.891. The Balaban J connectivity index is 2.36. The molecule has 0 amide bonds. The van der Waals surface area contributed by atoms with Crippen molar-refractivity contribution in [3.63, 3.8) is 0 Å². The van der Waals surface area contributed by atoms with Gasteiger partial charge in [-0.25, -0.2) is 9.66 Å². The minimum Gasteiger partial charge on any atom is -0.504 e. The number of pyridine rings is 1. The quantitative estimate of drug-likeness (QED) is 0.639. The molecule has 0 saturated heterocycles. The molecule has 0 saturated carbocycles. The fourth-order valence-electron chi connectivity index (χ4n) is 1.81. The number of nitrogens with zero attached hydrogens (tertiary/aromatic N) is 3. The molecule has 0 atom stereocenters. The van der Waals surface area contributed by atoms with Crippen molar-refractivity contribution < 1.29 is 5.11 Å². The number of hydrogen-bond donors (Lipinski definition) is 2. The van der Waals surface area contributed by atoms with Crippen LogP contribution in [0.1, 0.15) is 12.2 Å². The summed E-state index contributed by atoms with van der Waals surface area (Å²) in [6.07, 6.45) is 5.16. The van der Waals surface area contributed by atoms with Gasteiger partial charge in [-0.05, 0) is 6.42 Å². The predicted octanol–water partition coefficient (Wildman–Crippen LogP) is 0.627. The molecule has 0 aromatic carbocycles. The third-order valence-corrected chi connectivity index (χ3v) is 2.47. The van der Waals surface area contributed by atoms with Gasteiger partial charge in [-0.3, -0.25) is 4.98 Å². The SMILES string of the molecule is Oc1cncc2c1nc1n2NCCC1. The largest absolute Gasteiger partial charge is 0.504 e. The first kappa shape index (κ1) is 7.61. The van der Waals surface area contributed by atoms with Crippen LogP contribution in [0.2, 0.25) is 0 Å². The second-order valence-electron chi connectivity index (χ2n) is 3.40. The summed E-state index contributed by atoms with van der Waals surface area (Å²) in [7, 11) is 0. The van der Waals surface area contributed by atoms with Crippen LogP contribution in [0.15, 0.2) is 12.4 Å². The van der Waals surface area contributed by atoms with Crippen LogP contribution in [-0.2, 0) is 6.42 Å². The molecule has 5 heteroatoms. The van der Waals surface area contributed by atoms with Gasteiger partial charge in [-0.15, -0.1) is 0 Å². The van der Waals surface area contributed by atoms with Crippen molar-refractivity contribution >= 4 is 11.0 Å². The van der Waals surface area contributed by atoms with Gasteiger partial charge in [0.15, 0.2) is 5.75 Å².